The second kappa shape index (κ2) is 6.59. The number of aromatic nitrogens is 3. The van der Waals surface area contributed by atoms with Gasteiger partial charge in [-0.3, -0.25) is 4.40 Å². The van der Waals surface area contributed by atoms with Gasteiger partial charge in [0.2, 0.25) is 5.65 Å². The minimum Gasteiger partial charge on any atom is -0.453 e. The van der Waals surface area contributed by atoms with Gasteiger partial charge in [-0.25, -0.2) is 0 Å². The molecule has 0 atom stereocenters. The maximum Gasteiger partial charge on any atom is 0.203 e. The second-order valence-electron chi connectivity index (χ2n) is 7.92. The van der Waals surface area contributed by atoms with E-state index in [0.29, 0.717) is 5.75 Å². The van der Waals surface area contributed by atoms with Gasteiger partial charge in [0, 0.05) is 11.8 Å². The molecule has 4 nitrogen and oxygen atoms in total. The number of hydrogen-bond acceptors (Lipinski definition) is 3. The molecule has 144 valence electrons. The van der Waals surface area contributed by atoms with Gasteiger partial charge in [-0.15, -0.1) is 10.2 Å². The average molecular weight is 381 g/mol. The lowest BCUT2D eigenvalue weighted by atomic mass is 9.94. The summed E-state index contributed by atoms with van der Waals surface area (Å²) >= 11 is 0. The molecule has 0 unspecified atom stereocenters. The Morgan fingerprint density at radius 1 is 0.966 bits per heavy atom. The van der Waals surface area contributed by atoms with Crippen molar-refractivity contribution in [3.8, 4) is 11.5 Å². The Balaban J connectivity index is 1.57. The molecule has 2 aromatic carbocycles. The van der Waals surface area contributed by atoms with E-state index in [9.17, 15) is 0 Å². The van der Waals surface area contributed by atoms with Crippen molar-refractivity contribution < 1.29 is 4.74 Å². The Morgan fingerprint density at radius 3 is 2.41 bits per heavy atom. The van der Waals surface area contributed by atoms with Crippen molar-refractivity contribution >= 4 is 11.2 Å². The van der Waals surface area contributed by atoms with Crippen LogP contribution in [-0.4, -0.2) is 14.6 Å². The lowest BCUT2D eigenvalue weighted by Gasteiger charge is -2.15. The number of benzene rings is 2. The molecule has 1 aliphatic rings. The number of para-hydroxylation sites is 1. The minimum atomic E-state index is -0.0542. The van der Waals surface area contributed by atoms with Gasteiger partial charge in [-0.05, 0) is 56.0 Å². The summed E-state index contributed by atoms with van der Waals surface area (Å²) in [6.07, 6.45) is 4.19. The van der Waals surface area contributed by atoms with Crippen molar-refractivity contribution in [3.05, 3.63) is 96.0 Å². The van der Waals surface area contributed by atoms with E-state index in [0.717, 1.165) is 41.2 Å². The van der Waals surface area contributed by atoms with Crippen molar-refractivity contribution in [1.29, 1.82) is 0 Å². The number of hydrogen-bond donors (Lipinski definition) is 0. The molecule has 0 saturated heterocycles. The molecule has 29 heavy (non-hydrogen) atoms. The summed E-state index contributed by atoms with van der Waals surface area (Å²) in [5.41, 5.74) is 5.20. The maximum absolute atomic E-state index is 6.27. The van der Waals surface area contributed by atoms with Crippen LogP contribution in [0.15, 0.2) is 73.4 Å². The summed E-state index contributed by atoms with van der Waals surface area (Å²) in [4.78, 5) is 0. The quantitative estimate of drug-likeness (QED) is 0.429. The normalized spacial score (nSPS) is 14.7. The van der Waals surface area contributed by atoms with E-state index < -0.39 is 0 Å². The summed E-state index contributed by atoms with van der Waals surface area (Å²) in [6, 6.07) is 20.6. The number of aryl methyl sites for hydroxylation is 1. The van der Waals surface area contributed by atoms with Crippen LogP contribution in [0.4, 0.5) is 0 Å². The summed E-state index contributed by atoms with van der Waals surface area (Å²) in [5.74, 6) is 2.45. The number of fused-ring (bicyclic) bond motifs is 1. The van der Waals surface area contributed by atoms with Gasteiger partial charge in [-0.1, -0.05) is 54.6 Å². The van der Waals surface area contributed by atoms with Gasteiger partial charge in [0.05, 0.1) is 5.41 Å². The van der Waals surface area contributed by atoms with Gasteiger partial charge in [0.15, 0.2) is 5.75 Å². The molecule has 1 fully saturated rings. The molecular formula is C25H23N3O. The van der Waals surface area contributed by atoms with Crippen molar-refractivity contribution in [2.75, 3.05) is 0 Å². The summed E-state index contributed by atoms with van der Waals surface area (Å²) < 4.78 is 8.34. The minimum absolute atomic E-state index is 0.0542. The third-order valence-electron chi connectivity index (χ3n) is 5.75. The van der Waals surface area contributed by atoms with E-state index in [-0.39, 0.29) is 5.41 Å². The van der Waals surface area contributed by atoms with Gasteiger partial charge < -0.3 is 4.74 Å². The fourth-order valence-electron chi connectivity index (χ4n) is 3.96. The Morgan fingerprint density at radius 2 is 1.69 bits per heavy atom. The van der Waals surface area contributed by atoms with Crippen LogP contribution in [0.3, 0.4) is 0 Å². The van der Waals surface area contributed by atoms with Crippen LogP contribution in [0, 0.1) is 6.92 Å². The highest BCUT2D eigenvalue weighted by molar-refractivity contribution is 5.68. The van der Waals surface area contributed by atoms with Crippen LogP contribution in [0.1, 0.15) is 42.3 Å². The third kappa shape index (κ3) is 2.92. The van der Waals surface area contributed by atoms with Crippen molar-refractivity contribution in [1.82, 2.24) is 14.6 Å². The first-order valence-corrected chi connectivity index (χ1v) is 9.93. The third-order valence-corrected chi connectivity index (χ3v) is 5.75. The van der Waals surface area contributed by atoms with E-state index in [1.54, 1.807) is 0 Å². The summed E-state index contributed by atoms with van der Waals surface area (Å²) in [7, 11) is 0. The highest BCUT2D eigenvalue weighted by Crippen LogP contribution is 2.53. The SMILES string of the molecule is C=C(C)c1ccccc1Oc1cccn2c(C3(c4ccc(C)cc4)CC3)nnc12. The van der Waals surface area contributed by atoms with Crippen LogP contribution in [-0.2, 0) is 5.41 Å². The first-order valence-electron chi connectivity index (χ1n) is 9.93. The number of pyridine rings is 1. The smallest absolute Gasteiger partial charge is 0.203 e. The highest BCUT2D eigenvalue weighted by atomic mass is 16.5. The van der Waals surface area contributed by atoms with E-state index in [2.05, 4.69) is 52.4 Å². The van der Waals surface area contributed by atoms with Crippen molar-refractivity contribution in [3.63, 3.8) is 0 Å². The Bertz CT molecular complexity index is 1220. The van der Waals surface area contributed by atoms with Gasteiger partial charge >= 0.3 is 0 Å². The molecule has 0 N–H and O–H groups in total. The standard InChI is InChI=1S/C25H23N3O/c1-17(2)20-7-4-5-8-21(20)29-22-9-6-16-28-23(22)26-27-24(28)25(14-15-25)19-12-10-18(3)11-13-19/h4-13,16H,1,14-15H2,2-3H3. The fourth-order valence-corrected chi connectivity index (χ4v) is 3.96. The fraction of sp³-hybridized carbons (Fsp3) is 0.200. The van der Waals surface area contributed by atoms with Crippen molar-refractivity contribution in [2.24, 2.45) is 0 Å². The van der Waals surface area contributed by atoms with E-state index >= 15 is 0 Å². The molecule has 0 radical (unpaired) electrons. The molecule has 0 amide bonds. The molecule has 1 aliphatic carbocycles. The monoisotopic (exact) mass is 381 g/mol. The Hall–Kier alpha value is -3.40. The zero-order valence-electron chi connectivity index (χ0n) is 16.7. The van der Waals surface area contributed by atoms with E-state index in [1.165, 1.54) is 11.1 Å². The largest absolute Gasteiger partial charge is 0.453 e. The zero-order chi connectivity index (χ0) is 20.0. The number of allylic oxidation sites excluding steroid dienone is 1. The molecule has 4 aromatic rings. The van der Waals surface area contributed by atoms with Gasteiger partial charge in [-0.2, -0.15) is 0 Å². The van der Waals surface area contributed by atoms with Gasteiger partial charge in [0.25, 0.3) is 0 Å². The molecule has 2 heterocycles. The van der Waals surface area contributed by atoms with Crippen LogP contribution in [0.25, 0.3) is 11.2 Å². The number of rotatable bonds is 5. The summed E-state index contributed by atoms with van der Waals surface area (Å²) in [5, 5.41) is 9.11. The van der Waals surface area contributed by atoms with Crippen LogP contribution >= 0.6 is 0 Å². The lowest BCUT2D eigenvalue weighted by Crippen LogP contribution is -2.13. The van der Waals surface area contributed by atoms with Crippen LogP contribution in [0.2, 0.25) is 0 Å². The Labute approximate surface area is 170 Å². The molecule has 1 saturated carbocycles. The average Bonchev–Trinajstić information content (AvgIpc) is 3.41. The predicted molar refractivity (Wildman–Crippen MR) is 115 cm³/mol. The summed E-state index contributed by atoms with van der Waals surface area (Å²) in [6.45, 7) is 8.16. The number of ether oxygens (including phenoxy) is 1. The number of nitrogens with zero attached hydrogens (tertiary/aromatic N) is 3. The van der Waals surface area contributed by atoms with Crippen LogP contribution in [0.5, 0.6) is 11.5 Å². The first kappa shape index (κ1) is 17.7. The van der Waals surface area contributed by atoms with Crippen molar-refractivity contribution in [2.45, 2.75) is 32.1 Å². The molecular weight excluding hydrogens is 358 g/mol. The maximum atomic E-state index is 6.27. The van der Waals surface area contributed by atoms with Gasteiger partial charge in [0.1, 0.15) is 11.6 Å². The zero-order valence-corrected chi connectivity index (χ0v) is 16.7. The first-order chi connectivity index (χ1) is 14.1. The molecule has 4 heteroatoms. The van der Waals surface area contributed by atoms with Crippen LogP contribution < -0.4 is 4.74 Å². The van der Waals surface area contributed by atoms with E-state index in [4.69, 9.17) is 4.74 Å². The molecule has 5 rings (SSSR count). The Kier molecular flexibility index (Phi) is 4.02. The molecule has 0 aliphatic heterocycles. The molecule has 2 aromatic heterocycles. The topological polar surface area (TPSA) is 39.4 Å². The molecule has 0 spiro atoms. The predicted octanol–water partition coefficient (Wildman–Crippen LogP) is 5.94. The second-order valence-corrected chi connectivity index (χ2v) is 7.92. The molecule has 0 bridgehead atoms. The highest BCUT2D eigenvalue weighted by Gasteiger charge is 2.49. The lowest BCUT2D eigenvalue weighted by molar-refractivity contribution is 0.483. The van der Waals surface area contributed by atoms with E-state index in [1.807, 2.05) is 49.5 Å².